The largest absolute Gasteiger partial charge is 0.417 e. The zero-order valence-corrected chi connectivity index (χ0v) is 20.5. The highest BCUT2D eigenvalue weighted by molar-refractivity contribution is 5.79. The van der Waals surface area contributed by atoms with Crippen molar-refractivity contribution >= 4 is 11.7 Å². The lowest BCUT2D eigenvalue weighted by Crippen LogP contribution is -2.62. The number of benzene rings is 1. The Morgan fingerprint density at radius 1 is 1.11 bits per heavy atom. The number of anilines is 1. The van der Waals surface area contributed by atoms with Crippen LogP contribution in [0.4, 0.5) is 32.2 Å². The van der Waals surface area contributed by atoms with Crippen LogP contribution in [0.5, 0.6) is 0 Å². The second kappa shape index (κ2) is 10.3. The zero-order chi connectivity index (χ0) is 27.9. The summed E-state index contributed by atoms with van der Waals surface area (Å²) in [7, 11) is 0. The Bertz CT molecular complexity index is 1190. The molecule has 1 aromatic heterocycles. The minimum absolute atomic E-state index is 0.0321. The van der Waals surface area contributed by atoms with E-state index in [1.807, 2.05) is 0 Å². The quantitative estimate of drug-likeness (QED) is 0.451. The molecule has 2 aromatic rings. The SMILES string of the molecule is Cc1nc(CC(=O)NC2CC(O)(C(F)(F)F)C2)c(C2OCCO2)c(NCc2cccc(C(F)(F)F)c2C)n1. The fourth-order valence-electron chi connectivity index (χ4n) is 4.56. The van der Waals surface area contributed by atoms with Crippen molar-refractivity contribution < 1.29 is 45.7 Å². The van der Waals surface area contributed by atoms with Crippen molar-refractivity contribution in [2.45, 2.75) is 69.9 Å². The van der Waals surface area contributed by atoms with E-state index in [2.05, 4.69) is 20.6 Å². The molecule has 1 aliphatic heterocycles. The number of aliphatic hydroxyl groups is 1. The number of rotatable bonds is 7. The Morgan fingerprint density at radius 2 is 1.76 bits per heavy atom. The molecule has 2 fully saturated rings. The summed E-state index contributed by atoms with van der Waals surface area (Å²) in [6.07, 6.45) is -11.9. The Morgan fingerprint density at radius 3 is 2.37 bits per heavy atom. The van der Waals surface area contributed by atoms with Crippen LogP contribution < -0.4 is 10.6 Å². The summed E-state index contributed by atoms with van der Waals surface area (Å²) in [6, 6.07) is 2.98. The molecule has 3 N–H and O–H groups in total. The van der Waals surface area contributed by atoms with Crippen molar-refractivity contribution in [1.82, 2.24) is 15.3 Å². The van der Waals surface area contributed by atoms with Gasteiger partial charge in [0.25, 0.3) is 0 Å². The van der Waals surface area contributed by atoms with Crippen molar-refractivity contribution in [2.24, 2.45) is 0 Å². The third kappa shape index (κ3) is 5.86. The van der Waals surface area contributed by atoms with E-state index in [1.165, 1.54) is 13.0 Å². The molecule has 0 spiro atoms. The van der Waals surface area contributed by atoms with Crippen molar-refractivity contribution in [1.29, 1.82) is 0 Å². The topological polar surface area (TPSA) is 106 Å². The molecule has 1 saturated carbocycles. The average Bonchev–Trinajstić information content (AvgIpc) is 3.29. The summed E-state index contributed by atoms with van der Waals surface area (Å²) in [4.78, 5) is 21.3. The number of nitrogens with one attached hydrogen (secondary N) is 2. The van der Waals surface area contributed by atoms with E-state index in [9.17, 15) is 36.2 Å². The molecule has 0 unspecified atom stereocenters. The summed E-state index contributed by atoms with van der Waals surface area (Å²) >= 11 is 0. The van der Waals surface area contributed by atoms with Crippen LogP contribution in [0.3, 0.4) is 0 Å². The summed E-state index contributed by atoms with van der Waals surface area (Å²) in [5, 5.41) is 15.1. The molecule has 14 heteroatoms. The van der Waals surface area contributed by atoms with Gasteiger partial charge in [0.15, 0.2) is 11.9 Å². The molecule has 1 amide bonds. The number of alkyl halides is 6. The van der Waals surface area contributed by atoms with Crippen LogP contribution >= 0.6 is 0 Å². The van der Waals surface area contributed by atoms with Crippen LogP contribution in [0.1, 0.15) is 52.9 Å². The van der Waals surface area contributed by atoms with Gasteiger partial charge < -0.3 is 25.2 Å². The Labute approximate surface area is 213 Å². The van der Waals surface area contributed by atoms with Crippen LogP contribution in [0.25, 0.3) is 0 Å². The highest BCUT2D eigenvalue weighted by atomic mass is 19.4. The minimum Gasteiger partial charge on any atom is -0.380 e. The molecular formula is C24H26F6N4O4. The van der Waals surface area contributed by atoms with E-state index in [0.717, 1.165) is 6.07 Å². The standard InChI is InChI=1S/C24H26F6N4O4/c1-12-14(4-3-5-16(12)23(25,26)27)11-31-20-19(21-37-6-7-38-21)17(32-13(2)33-20)8-18(35)34-15-9-22(36,10-15)24(28,29)30/h3-5,15,21,36H,6-11H2,1-2H3,(H,34,35)(H,31,32,33). The van der Waals surface area contributed by atoms with E-state index in [4.69, 9.17) is 9.47 Å². The molecule has 2 aliphatic rings. The molecule has 38 heavy (non-hydrogen) atoms. The third-order valence-electron chi connectivity index (χ3n) is 6.58. The molecule has 0 radical (unpaired) electrons. The monoisotopic (exact) mass is 548 g/mol. The summed E-state index contributed by atoms with van der Waals surface area (Å²) < 4.78 is 89.8. The van der Waals surface area contributed by atoms with Crippen molar-refractivity contribution in [3.8, 4) is 0 Å². The predicted molar refractivity (Wildman–Crippen MR) is 121 cm³/mol. The highest BCUT2D eigenvalue weighted by Crippen LogP contribution is 2.45. The van der Waals surface area contributed by atoms with Crippen molar-refractivity contribution in [2.75, 3.05) is 18.5 Å². The fraction of sp³-hybridized carbons (Fsp3) is 0.542. The van der Waals surface area contributed by atoms with Gasteiger partial charge in [-0.2, -0.15) is 26.3 Å². The second-order valence-electron chi connectivity index (χ2n) is 9.37. The first kappa shape index (κ1) is 28.0. The highest BCUT2D eigenvalue weighted by Gasteiger charge is 2.61. The van der Waals surface area contributed by atoms with Crippen molar-refractivity contribution in [3.63, 3.8) is 0 Å². The minimum atomic E-state index is -4.79. The van der Waals surface area contributed by atoms with Crippen molar-refractivity contribution in [3.05, 3.63) is 52.0 Å². The lowest BCUT2D eigenvalue weighted by atomic mass is 9.75. The summed E-state index contributed by atoms with van der Waals surface area (Å²) in [5.41, 5.74) is -2.71. The number of ether oxygens (including phenoxy) is 2. The van der Waals surface area contributed by atoms with Crippen LogP contribution in [0.15, 0.2) is 18.2 Å². The van der Waals surface area contributed by atoms with Gasteiger partial charge in [0.05, 0.1) is 36.5 Å². The first-order chi connectivity index (χ1) is 17.7. The normalized spacial score (nSPS) is 22.3. The Balaban J connectivity index is 1.54. The summed E-state index contributed by atoms with van der Waals surface area (Å²) in [5.74, 6) is -0.191. The molecule has 2 heterocycles. The first-order valence-electron chi connectivity index (χ1n) is 11.8. The number of aromatic nitrogens is 2. The third-order valence-corrected chi connectivity index (χ3v) is 6.58. The molecule has 4 rings (SSSR count). The second-order valence-corrected chi connectivity index (χ2v) is 9.37. The molecule has 8 nitrogen and oxygen atoms in total. The number of hydrogen-bond donors (Lipinski definition) is 3. The van der Waals surface area contributed by atoms with Gasteiger partial charge in [-0.1, -0.05) is 12.1 Å². The van der Waals surface area contributed by atoms with Gasteiger partial charge in [0.1, 0.15) is 11.6 Å². The molecular weight excluding hydrogens is 522 g/mol. The number of amides is 1. The number of hydrogen-bond acceptors (Lipinski definition) is 7. The van der Waals surface area contributed by atoms with Gasteiger partial charge in [-0.25, -0.2) is 9.97 Å². The van der Waals surface area contributed by atoms with Gasteiger partial charge in [0, 0.05) is 25.4 Å². The maximum Gasteiger partial charge on any atom is 0.417 e. The van der Waals surface area contributed by atoms with E-state index in [1.54, 1.807) is 13.0 Å². The van der Waals surface area contributed by atoms with Crippen LogP contribution in [-0.4, -0.2) is 52.0 Å². The first-order valence-corrected chi connectivity index (χ1v) is 11.8. The lowest BCUT2D eigenvalue weighted by molar-refractivity contribution is -0.291. The van der Waals surface area contributed by atoms with E-state index in [0.29, 0.717) is 5.56 Å². The van der Waals surface area contributed by atoms with Gasteiger partial charge in [0.2, 0.25) is 5.91 Å². The predicted octanol–water partition coefficient (Wildman–Crippen LogP) is 3.88. The average molecular weight is 548 g/mol. The van der Waals surface area contributed by atoms with E-state index < -0.39 is 54.6 Å². The van der Waals surface area contributed by atoms with Crippen LogP contribution in [0, 0.1) is 13.8 Å². The molecule has 0 bridgehead atoms. The van der Waals surface area contributed by atoms with E-state index in [-0.39, 0.29) is 54.6 Å². The van der Waals surface area contributed by atoms with E-state index >= 15 is 0 Å². The zero-order valence-electron chi connectivity index (χ0n) is 20.5. The molecule has 1 saturated heterocycles. The Hall–Kier alpha value is -2.97. The van der Waals surface area contributed by atoms with Crippen LogP contribution in [-0.2, 0) is 33.4 Å². The van der Waals surface area contributed by atoms with Crippen LogP contribution in [0.2, 0.25) is 0 Å². The van der Waals surface area contributed by atoms with Gasteiger partial charge >= 0.3 is 12.4 Å². The maximum atomic E-state index is 13.3. The van der Waals surface area contributed by atoms with Gasteiger partial charge in [-0.3, -0.25) is 4.79 Å². The molecule has 208 valence electrons. The number of nitrogens with zero attached hydrogens (tertiary/aromatic N) is 2. The fourth-order valence-corrected chi connectivity index (χ4v) is 4.56. The van der Waals surface area contributed by atoms with Gasteiger partial charge in [-0.15, -0.1) is 0 Å². The molecule has 1 aliphatic carbocycles. The molecule has 0 atom stereocenters. The maximum absolute atomic E-state index is 13.3. The Kier molecular flexibility index (Phi) is 7.60. The number of aryl methyl sites for hydroxylation is 1. The number of carbonyl (C=O) groups is 1. The number of carbonyl (C=O) groups excluding carboxylic acids is 1. The lowest BCUT2D eigenvalue weighted by Gasteiger charge is -2.44. The van der Waals surface area contributed by atoms with Gasteiger partial charge in [-0.05, 0) is 31.0 Å². The molecule has 1 aromatic carbocycles. The smallest absolute Gasteiger partial charge is 0.380 e. The summed E-state index contributed by atoms with van der Waals surface area (Å²) in [6.45, 7) is 3.38. The number of halogens is 6.